The van der Waals surface area contributed by atoms with E-state index >= 15 is 0 Å². The summed E-state index contributed by atoms with van der Waals surface area (Å²) < 4.78 is 26.6. The van der Waals surface area contributed by atoms with Crippen LogP contribution in [0.15, 0.2) is 48.5 Å². The smallest absolute Gasteiger partial charge is 0.244 e. The van der Waals surface area contributed by atoms with E-state index in [1.165, 1.54) is 17.9 Å². The van der Waals surface area contributed by atoms with Gasteiger partial charge in [0.05, 0.1) is 11.9 Å². The summed E-state index contributed by atoms with van der Waals surface area (Å²) in [5.41, 5.74) is 2.42. The van der Waals surface area contributed by atoms with Crippen LogP contribution in [0.1, 0.15) is 67.4 Å². The summed E-state index contributed by atoms with van der Waals surface area (Å²) in [6.45, 7) is 4.87. The minimum absolute atomic E-state index is 0.0961. The third kappa shape index (κ3) is 7.41. The van der Waals surface area contributed by atoms with Gasteiger partial charge in [0.15, 0.2) is 5.78 Å². The van der Waals surface area contributed by atoms with Crippen LogP contribution in [-0.2, 0) is 26.2 Å². The molecule has 3 rings (SSSR count). The highest BCUT2D eigenvalue weighted by molar-refractivity contribution is 7.92. The maximum absolute atomic E-state index is 13.8. The maximum Gasteiger partial charge on any atom is 0.244 e. The molecule has 0 unspecified atom stereocenters. The van der Waals surface area contributed by atoms with Crippen molar-refractivity contribution in [2.75, 3.05) is 17.1 Å². The Kier molecular flexibility index (Phi) is 9.48. The Morgan fingerprint density at radius 3 is 2.32 bits per heavy atom. The normalized spacial score (nSPS) is 14.7. The van der Waals surface area contributed by atoms with Gasteiger partial charge in [0.25, 0.3) is 0 Å². The van der Waals surface area contributed by atoms with Gasteiger partial charge in [-0.25, -0.2) is 8.42 Å². The molecule has 0 saturated heterocycles. The van der Waals surface area contributed by atoms with Crippen LogP contribution in [0.2, 0.25) is 0 Å². The first-order valence-electron chi connectivity index (χ1n) is 12.7. The molecule has 200 valence electrons. The van der Waals surface area contributed by atoms with E-state index in [2.05, 4.69) is 5.32 Å². The lowest BCUT2D eigenvalue weighted by molar-refractivity contribution is -0.140. The first-order chi connectivity index (χ1) is 17.5. The topological polar surface area (TPSA) is 104 Å². The quantitative estimate of drug-likeness (QED) is 0.448. The van der Waals surface area contributed by atoms with E-state index in [0.29, 0.717) is 12.0 Å². The molecule has 0 bridgehead atoms. The lowest BCUT2D eigenvalue weighted by Gasteiger charge is -2.33. The average Bonchev–Trinajstić information content (AvgIpc) is 3.35. The Balaban J connectivity index is 1.95. The second kappa shape index (κ2) is 12.4. The predicted molar refractivity (Wildman–Crippen MR) is 145 cm³/mol. The van der Waals surface area contributed by atoms with Crippen molar-refractivity contribution in [2.24, 2.45) is 0 Å². The van der Waals surface area contributed by atoms with Gasteiger partial charge in [-0.15, -0.1) is 0 Å². The number of amides is 2. The maximum atomic E-state index is 13.8. The van der Waals surface area contributed by atoms with Crippen LogP contribution >= 0.6 is 0 Å². The monoisotopic (exact) mass is 527 g/mol. The number of aryl methyl sites for hydroxylation is 1. The molecule has 37 heavy (non-hydrogen) atoms. The first-order valence-corrected chi connectivity index (χ1v) is 14.6. The Labute approximate surface area is 220 Å². The number of sulfonamides is 1. The number of carbonyl (C=O) groups excluding carboxylic acids is 3. The van der Waals surface area contributed by atoms with Crippen molar-refractivity contribution in [2.45, 2.75) is 71.5 Å². The van der Waals surface area contributed by atoms with E-state index in [-0.39, 0.29) is 30.0 Å². The fourth-order valence-corrected chi connectivity index (χ4v) is 5.59. The molecule has 0 radical (unpaired) electrons. The summed E-state index contributed by atoms with van der Waals surface area (Å²) in [5, 5.41) is 3.10. The fourth-order valence-electron chi connectivity index (χ4n) is 4.75. The molecule has 1 fully saturated rings. The number of anilines is 1. The number of Topliss-reactive ketones (excluding diaryl/α,β-unsaturated/α-hetero) is 1. The molecule has 0 aromatic heterocycles. The van der Waals surface area contributed by atoms with E-state index in [9.17, 15) is 22.8 Å². The summed E-state index contributed by atoms with van der Waals surface area (Å²) >= 11 is 0. The molecule has 0 spiro atoms. The third-order valence-electron chi connectivity index (χ3n) is 6.91. The van der Waals surface area contributed by atoms with Gasteiger partial charge in [0.1, 0.15) is 12.6 Å². The van der Waals surface area contributed by atoms with Crippen LogP contribution in [0.4, 0.5) is 5.69 Å². The molecule has 2 aromatic carbocycles. The molecule has 1 saturated carbocycles. The molecule has 2 amide bonds. The number of nitrogens with zero attached hydrogens (tertiary/aromatic N) is 2. The zero-order chi connectivity index (χ0) is 27.2. The average molecular weight is 528 g/mol. The van der Waals surface area contributed by atoms with E-state index in [4.69, 9.17) is 0 Å². The van der Waals surface area contributed by atoms with Crippen molar-refractivity contribution in [1.29, 1.82) is 0 Å². The van der Waals surface area contributed by atoms with Crippen molar-refractivity contribution < 1.29 is 22.8 Å². The Morgan fingerprint density at radius 1 is 1.05 bits per heavy atom. The molecule has 2 aromatic rings. The molecule has 0 heterocycles. The summed E-state index contributed by atoms with van der Waals surface area (Å²) in [7, 11) is -3.87. The Morgan fingerprint density at radius 2 is 1.73 bits per heavy atom. The molecule has 0 aliphatic heterocycles. The van der Waals surface area contributed by atoms with Crippen molar-refractivity contribution in [3.63, 3.8) is 0 Å². The number of hydrogen-bond donors (Lipinski definition) is 1. The standard InChI is InChI=1S/C28H37N3O5S/c1-5-26(28(34)29-24-14-8-9-15-24)30(18-23-12-7-6-11-20(23)2)27(33)19-31(37(4,35)36)25-16-10-13-22(17-25)21(3)32/h6-7,10-13,16-17,24,26H,5,8-9,14-15,18-19H2,1-4H3,(H,29,34)/t26-/m1/s1. The number of nitrogens with one attached hydrogen (secondary N) is 1. The van der Waals surface area contributed by atoms with Crippen molar-refractivity contribution in [3.8, 4) is 0 Å². The molecule has 9 heteroatoms. The number of carbonyl (C=O) groups is 3. The van der Waals surface area contributed by atoms with Crippen LogP contribution in [-0.4, -0.2) is 55.8 Å². The minimum atomic E-state index is -3.87. The van der Waals surface area contributed by atoms with Crippen LogP contribution in [0.25, 0.3) is 0 Å². The van der Waals surface area contributed by atoms with Crippen LogP contribution in [0, 0.1) is 6.92 Å². The van der Waals surface area contributed by atoms with Gasteiger partial charge >= 0.3 is 0 Å². The molecule has 1 atom stereocenters. The highest BCUT2D eigenvalue weighted by Crippen LogP contribution is 2.23. The minimum Gasteiger partial charge on any atom is -0.352 e. The van der Waals surface area contributed by atoms with Gasteiger partial charge in [0.2, 0.25) is 21.8 Å². The van der Waals surface area contributed by atoms with Gasteiger partial charge < -0.3 is 10.2 Å². The highest BCUT2D eigenvalue weighted by Gasteiger charge is 2.33. The van der Waals surface area contributed by atoms with Gasteiger partial charge in [0, 0.05) is 18.2 Å². The van der Waals surface area contributed by atoms with Gasteiger partial charge in [-0.05, 0) is 56.4 Å². The lowest BCUT2D eigenvalue weighted by atomic mass is 10.1. The summed E-state index contributed by atoms with van der Waals surface area (Å²) in [4.78, 5) is 40.6. The van der Waals surface area contributed by atoms with Crippen LogP contribution in [0.5, 0.6) is 0 Å². The Hall–Kier alpha value is -3.20. The van der Waals surface area contributed by atoms with Gasteiger partial charge in [-0.3, -0.25) is 18.7 Å². The number of ketones is 1. The van der Waals surface area contributed by atoms with Crippen molar-refractivity contribution in [1.82, 2.24) is 10.2 Å². The zero-order valence-electron chi connectivity index (χ0n) is 22.1. The van der Waals surface area contributed by atoms with Crippen molar-refractivity contribution in [3.05, 3.63) is 65.2 Å². The second-order valence-electron chi connectivity index (χ2n) is 9.74. The lowest BCUT2D eigenvalue weighted by Crippen LogP contribution is -2.53. The van der Waals surface area contributed by atoms with E-state index in [1.54, 1.807) is 18.2 Å². The molecule has 8 nitrogen and oxygen atoms in total. The van der Waals surface area contributed by atoms with Crippen LogP contribution < -0.4 is 9.62 Å². The highest BCUT2D eigenvalue weighted by atomic mass is 32.2. The summed E-state index contributed by atoms with van der Waals surface area (Å²) in [6.07, 6.45) is 5.38. The zero-order valence-corrected chi connectivity index (χ0v) is 22.9. The SMILES string of the molecule is CC[C@H](C(=O)NC1CCCC1)N(Cc1ccccc1C)C(=O)CN(c1cccc(C(C)=O)c1)S(C)(=O)=O. The summed E-state index contributed by atoms with van der Waals surface area (Å²) in [6, 6.07) is 13.2. The van der Waals surface area contributed by atoms with Gasteiger partial charge in [-0.2, -0.15) is 0 Å². The van der Waals surface area contributed by atoms with Gasteiger partial charge in [-0.1, -0.05) is 56.2 Å². The number of rotatable bonds is 11. The van der Waals surface area contributed by atoms with Crippen LogP contribution in [0.3, 0.4) is 0 Å². The largest absolute Gasteiger partial charge is 0.352 e. The Bertz CT molecular complexity index is 1240. The predicted octanol–water partition coefficient (Wildman–Crippen LogP) is 3.83. The molecule has 1 aliphatic carbocycles. The third-order valence-corrected chi connectivity index (χ3v) is 8.05. The van der Waals surface area contributed by atoms with E-state index in [1.807, 2.05) is 38.1 Å². The number of hydrogen-bond acceptors (Lipinski definition) is 5. The molecular weight excluding hydrogens is 490 g/mol. The number of benzene rings is 2. The first kappa shape index (κ1) is 28.4. The second-order valence-corrected chi connectivity index (χ2v) is 11.6. The fraction of sp³-hybridized carbons (Fsp3) is 0.464. The molecule has 1 N–H and O–H groups in total. The van der Waals surface area contributed by atoms with E-state index < -0.39 is 28.5 Å². The molecular formula is C28H37N3O5S. The summed E-state index contributed by atoms with van der Waals surface area (Å²) in [5.74, 6) is -0.923. The molecule has 1 aliphatic rings. The van der Waals surface area contributed by atoms with E-state index in [0.717, 1.165) is 47.4 Å². The van der Waals surface area contributed by atoms with Crippen molar-refractivity contribution >= 4 is 33.3 Å².